The molecule has 428 valence electrons. The average Bonchev–Trinajstić information content (AvgIpc) is 3.82. The van der Waals surface area contributed by atoms with Gasteiger partial charge < -0.3 is 68.6 Å². The van der Waals surface area contributed by atoms with E-state index in [1.165, 1.54) is 11.0 Å². The quantitative estimate of drug-likeness (QED) is 0.0610. The van der Waals surface area contributed by atoms with Crippen molar-refractivity contribution in [2.45, 2.75) is 136 Å². The molecule has 0 aliphatic carbocycles. The molecular formula is C55H85N9O13. The van der Waals surface area contributed by atoms with Crippen LogP contribution >= 0.6 is 0 Å². The summed E-state index contributed by atoms with van der Waals surface area (Å²) >= 11 is 0. The van der Waals surface area contributed by atoms with Crippen LogP contribution in [0.5, 0.6) is 5.75 Å². The molecule has 0 saturated carbocycles. The van der Waals surface area contributed by atoms with Crippen molar-refractivity contribution in [1.82, 2.24) is 39.5 Å². The van der Waals surface area contributed by atoms with E-state index in [-0.39, 0.29) is 49.0 Å². The van der Waals surface area contributed by atoms with Gasteiger partial charge >= 0.3 is 24.2 Å². The minimum Gasteiger partial charge on any atom is -0.491 e. The molecule has 6 heterocycles. The molecule has 4 saturated heterocycles. The number of nitrogens with one attached hydrogen (secondary N) is 2. The molecule has 3 aromatic rings. The smallest absolute Gasteiger partial charge is 0.410 e. The van der Waals surface area contributed by atoms with Crippen LogP contribution in [-0.4, -0.2) is 182 Å². The minimum atomic E-state index is -0.840. The van der Waals surface area contributed by atoms with Crippen molar-refractivity contribution in [3.63, 3.8) is 0 Å². The molecule has 0 radical (unpaired) electrons. The monoisotopic (exact) mass is 1080 g/mol. The fourth-order valence-corrected chi connectivity index (χ4v) is 8.61. The lowest BCUT2D eigenvalue weighted by Gasteiger charge is -2.33. The largest absolute Gasteiger partial charge is 0.491 e. The number of rotatable bonds is 11. The number of carbonyl (C=O) groups excluding carboxylic acids is 5. The van der Waals surface area contributed by atoms with Gasteiger partial charge in [0.1, 0.15) is 46.8 Å². The number of methoxy groups -OCH3 is 1. The maximum atomic E-state index is 12.0. The summed E-state index contributed by atoms with van der Waals surface area (Å²) < 4.78 is 26.3. The molecule has 4 atom stereocenters. The molecule has 22 nitrogen and oxygen atoms in total. The lowest BCUT2D eigenvalue weighted by Crippen LogP contribution is -2.44. The number of aliphatic carboxylic acids is 1. The second kappa shape index (κ2) is 29.8. The van der Waals surface area contributed by atoms with Gasteiger partial charge in [-0.2, -0.15) is 4.98 Å². The molecule has 7 rings (SSSR count). The summed E-state index contributed by atoms with van der Waals surface area (Å²) in [5.41, 5.74) is 0.774. The van der Waals surface area contributed by atoms with Gasteiger partial charge in [0.2, 0.25) is 11.9 Å². The molecule has 22 heteroatoms. The Bertz CT molecular complexity index is 2380. The van der Waals surface area contributed by atoms with E-state index in [0.717, 1.165) is 87.1 Å². The highest BCUT2D eigenvalue weighted by atomic mass is 16.6. The number of likely N-dealkylation sites (tertiary alicyclic amines) is 4. The van der Waals surface area contributed by atoms with Crippen molar-refractivity contribution >= 4 is 59.2 Å². The van der Waals surface area contributed by atoms with E-state index in [1.54, 1.807) is 43.9 Å². The van der Waals surface area contributed by atoms with E-state index in [4.69, 9.17) is 33.9 Å². The number of benzene rings is 1. The van der Waals surface area contributed by atoms with Gasteiger partial charge in [0.25, 0.3) is 0 Å². The second-order valence-corrected chi connectivity index (χ2v) is 22.6. The van der Waals surface area contributed by atoms with E-state index in [2.05, 4.69) is 31.8 Å². The van der Waals surface area contributed by atoms with Gasteiger partial charge in [0.05, 0.1) is 18.7 Å². The van der Waals surface area contributed by atoms with Crippen LogP contribution < -0.4 is 10.1 Å². The van der Waals surface area contributed by atoms with Crippen LogP contribution in [0.25, 0.3) is 11.2 Å². The fourth-order valence-electron chi connectivity index (χ4n) is 8.61. The van der Waals surface area contributed by atoms with Gasteiger partial charge in [-0.25, -0.2) is 24.4 Å². The zero-order chi connectivity index (χ0) is 56.9. The number of aromatic nitrogens is 4. The molecule has 2 aromatic heterocycles. The lowest BCUT2D eigenvalue weighted by molar-refractivity contribution is -0.143. The maximum Gasteiger partial charge on any atom is 0.410 e. The Hall–Kier alpha value is -6.55. The number of piperidine rings is 4. The van der Waals surface area contributed by atoms with E-state index >= 15 is 0 Å². The number of amides is 4. The molecule has 4 unspecified atom stereocenters. The topological polar surface area (TPSA) is 268 Å². The Labute approximate surface area is 453 Å². The minimum absolute atomic E-state index is 0.0220. The summed E-state index contributed by atoms with van der Waals surface area (Å²) in [5.74, 6) is 1.07. The number of aromatic amines is 1. The molecule has 0 bridgehead atoms. The highest BCUT2D eigenvalue weighted by molar-refractivity contribution is 5.87. The maximum absolute atomic E-state index is 12.0. The molecular weight excluding hydrogens is 995 g/mol. The number of carboxylic acid groups (broad SMARTS) is 1. The summed E-state index contributed by atoms with van der Waals surface area (Å²) in [6, 6.07) is 7.56. The van der Waals surface area contributed by atoms with Crippen LogP contribution in [-0.2, 0) is 33.3 Å². The number of aliphatic hydroxyl groups is 1. The SMILES string of the molecule is C=CC(=O)N1CCCC(c2nc3nc(Nc4ccc(OCCOC)cc4)ncc3[nH]2)C1.CC(C)(C)OC(=O)N1CCCC(C(=O)O)C1.CC(C)(C)OC(=O)N1CCCC(C=O)C1.CC(C)(C)OC(=O)N1CCCC(CO)C1. The third-order valence-corrected chi connectivity index (χ3v) is 12.4. The highest BCUT2D eigenvalue weighted by Gasteiger charge is 2.32. The first-order valence-corrected chi connectivity index (χ1v) is 26.7. The van der Waals surface area contributed by atoms with Gasteiger partial charge in [-0.3, -0.25) is 9.59 Å². The number of aliphatic hydroxyl groups excluding tert-OH is 1. The normalized spacial score (nSPS) is 19.8. The molecule has 0 spiro atoms. The third kappa shape index (κ3) is 22.5. The Balaban J connectivity index is 0.000000238. The lowest BCUT2D eigenvalue weighted by atomic mass is 9.97. The molecule has 4 N–H and O–H groups in total. The van der Waals surface area contributed by atoms with Crippen molar-refractivity contribution in [2.75, 3.05) is 84.6 Å². The fraction of sp³-hybridized carbons (Fsp3) is 0.655. The van der Waals surface area contributed by atoms with E-state index < -0.39 is 34.8 Å². The molecule has 4 aliphatic heterocycles. The molecule has 4 aliphatic rings. The molecule has 77 heavy (non-hydrogen) atoms. The summed E-state index contributed by atoms with van der Waals surface area (Å²) in [5, 5.41) is 21.1. The summed E-state index contributed by atoms with van der Waals surface area (Å²) in [6.07, 6.45) is 9.98. The number of H-pyrrole nitrogens is 1. The van der Waals surface area contributed by atoms with E-state index in [0.29, 0.717) is 64.0 Å². The van der Waals surface area contributed by atoms with Crippen molar-refractivity contribution in [2.24, 2.45) is 17.8 Å². The zero-order valence-corrected chi connectivity index (χ0v) is 47.0. The Morgan fingerprint density at radius 1 is 0.727 bits per heavy atom. The van der Waals surface area contributed by atoms with E-state index in [9.17, 15) is 28.8 Å². The number of hydrogen-bond donors (Lipinski definition) is 4. The summed E-state index contributed by atoms with van der Waals surface area (Å²) in [6.45, 7) is 26.0. The Morgan fingerprint density at radius 3 is 1.82 bits per heavy atom. The van der Waals surface area contributed by atoms with Crippen LogP contribution in [0.2, 0.25) is 0 Å². The van der Waals surface area contributed by atoms with Crippen LogP contribution in [0, 0.1) is 17.8 Å². The van der Waals surface area contributed by atoms with Gasteiger partial charge in [-0.1, -0.05) is 6.58 Å². The average molecular weight is 1080 g/mol. The van der Waals surface area contributed by atoms with E-state index in [1.807, 2.05) is 70.7 Å². The van der Waals surface area contributed by atoms with Crippen molar-refractivity contribution in [1.29, 1.82) is 0 Å². The number of nitrogens with zero attached hydrogens (tertiary/aromatic N) is 7. The number of anilines is 2. The van der Waals surface area contributed by atoms with Crippen LogP contribution in [0.4, 0.5) is 26.0 Å². The second-order valence-electron chi connectivity index (χ2n) is 22.6. The summed E-state index contributed by atoms with van der Waals surface area (Å²) in [7, 11) is 1.64. The van der Waals surface area contributed by atoms with Crippen LogP contribution in [0.1, 0.15) is 125 Å². The standard InChI is InChI=1S/C22H26N6O3.C11H19NO4.C11H21NO3.C11H19NO3/c1-3-19(29)28-10-4-5-15(14-28)20-25-18-13-23-22(27-21(18)26-20)24-16-6-8-17(9-7-16)31-12-11-30-2;1-11(2,3)16-10(15)12-6-4-5-8(7-12)9(13)14;2*1-11(2,3)15-10(14)12-6-4-5-9(7-12)8-13/h3,6-9,13,15H,1,4-5,10-12,14H2,2H3,(H2,23,24,25,26,27);8H,4-7H2,1-3H3,(H,13,14);9,13H,4-8H2,1-3H3;8-9H,4-7H2,1-3H3. The third-order valence-electron chi connectivity index (χ3n) is 12.4. The van der Waals surface area contributed by atoms with Crippen molar-refractivity contribution in [3.05, 3.63) is 48.9 Å². The molecule has 1 aromatic carbocycles. The van der Waals surface area contributed by atoms with Gasteiger partial charge in [0, 0.05) is 83.6 Å². The first-order valence-electron chi connectivity index (χ1n) is 26.7. The first-order chi connectivity index (χ1) is 36.3. The van der Waals surface area contributed by atoms with Gasteiger partial charge in [0.15, 0.2) is 5.65 Å². The number of aldehydes is 1. The van der Waals surface area contributed by atoms with Crippen molar-refractivity contribution in [3.8, 4) is 5.75 Å². The Kier molecular flexibility index (Phi) is 24.4. The number of fused-ring (bicyclic) bond motifs is 1. The first kappa shape index (κ1) is 63.0. The van der Waals surface area contributed by atoms with Crippen molar-refractivity contribution < 1.29 is 62.7 Å². The Morgan fingerprint density at radius 2 is 1.27 bits per heavy atom. The van der Waals surface area contributed by atoms with Crippen LogP contribution in [0.3, 0.4) is 0 Å². The number of ether oxygens (including phenoxy) is 5. The zero-order valence-electron chi connectivity index (χ0n) is 47.0. The number of hydrogen-bond acceptors (Lipinski definition) is 16. The van der Waals surface area contributed by atoms with Gasteiger partial charge in [-0.05, 0) is 150 Å². The van der Waals surface area contributed by atoms with Crippen LogP contribution in [0.15, 0.2) is 43.1 Å². The molecule has 4 amide bonds. The highest BCUT2D eigenvalue weighted by Crippen LogP contribution is 2.28. The number of carbonyl (C=O) groups is 6. The predicted molar refractivity (Wildman–Crippen MR) is 290 cm³/mol. The number of carboxylic acids is 1. The molecule has 4 fully saturated rings. The predicted octanol–water partition coefficient (Wildman–Crippen LogP) is 8.19. The van der Waals surface area contributed by atoms with Gasteiger partial charge in [-0.15, -0.1) is 0 Å². The summed E-state index contributed by atoms with van der Waals surface area (Å²) in [4.78, 5) is 92.0. The number of imidazole rings is 1.